The first kappa shape index (κ1) is 28.6. The fraction of sp³-hybridized carbons (Fsp3) is 0.333. The number of ether oxygens (including phenoxy) is 1. The lowest BCUT2D eigenvalue weighted by Crippen LogP contribution is -2.44. The number of piperazine rings is 1. The lowest BCUT2D eigenvalue weighted by Gasteiger charge is -2.34. The number of nitrogens with zero attached hydrogens (tertiary/aromatic N) is 2. The van der Waals surface area contributed by atoms with Crippen molar-refractivity contribution in [2.45, 2.75) is 19.1 Å². The zero-order valence-corrected chi connectivity index (χ0v) is 23.4. The normalized spacial score (nSPS) is 14.6. The van der Waals surface area contributed by atoms with Gasteiger partial charge >= 0.3 is 0 Å². The van der Waals surface area contributed by atoms with Crippen LogP contribution in [0.4, 0.5) is 10.7 Å². The van der Waals surface area contributed by atoms with Crippen LogP contribution in [0.2, 0.25) is 0 Å². The fourth-order valence-electron chi connectivity index (χ4n) is 4.16. The van der Waals surface area contributed by atoms with E-state index in [1.54, 1.807) is 6.07 Å². The summed E-state index contributed by atoms with van der Waals surface area (Å²) >= 11 is 6.76. The Morgan fingerprint density at radius 2 is 1.77 bits per heavy atom. The topological polar surface area (TPSA) is 130 Å². The number of anilines is 2. The number of hydrogen-bond donors (Lipinski definition) is 6. The van der Waals surface area contributed by atoms with Gasteiger partial charge in [-0.15, -0.1) is 11.3 Å². The minimum absolute atomic E-state index is 0.140. The minimum atomic E-state index is -1.15. The first-order valence-electron chi connectivity index (χ1n) is 12.5. The van der Waals surface area contributed by atoms with E-state index in [0.717, 1.165) is 36.6 Å². The van der Waals surface area contributed by atoms with Crippen molar-refractivity contribution in [3.05, 3.63) is 59.7 Å². The van der Waals surface area contributed by atoms with E-state index in [2.05, 4.69) is 57.3 Å². The number of methoxy groups -OCH3 is 1. The summed E-state index contributed by atoms with van der Waals surface area (Å²) in [5.74, 6) is -0.749. The van der Waals surface area contributed by atoms with Gasteiger partial charge < -0.3 is 35.2 Å². The summed E-state index contributed by atoms with van der Waals surface area (Å²) in [5, 5.41) is 33.2. The monoisotopic (exact) mass is 571 g/mol. The Labute approximate surface area is 236 Å². The van der Waals surface area contributed by atoms with Crippen LogP contribution in [-0.4, -0.2) is 71.6 Å². The number of aromatic hydroxyl groups is 2. The van der Waals surface area contributed by atoms with Gasteiger partial charge in [0.2, 0.25) is 5.91 Å². The minimum Gasteiger partial charge on any atom is -0.504 e. The molecule has 6 N–H and O–H groups in total. The van der Waals surface area contributed by atoms with Gasteiger partial charge in [0, 0.05) is 55.8 Å². The number of likely N-dealkylation sites (N-methyl/N-ethyl adjacent to an activating group) is 1. The molecule has 39 heavy (non-hydrogen) atoms. The Bertz CT molecular complexity index is 1290. The van der Waals surface area contributed by atoms with Crippen LogP contribution in [0.1, 0.15) is 23.8 Å². The van der Waals surface area contributed by atoms with E-state index >= 15 is 0 Å². The Balaban J connectivity index is 1.35. The molecule has 1 atom stereocenters. The van der Waals surface area contributed by atoms with E-state index in [9.17, 15) is 20.1 Å². The number of hydrogen-bond acceptors (Lipinski definition) is 9. The largest absolute Gasteiger partial charge is 0.504 e. The Morgan fingerprint density at radius 3 is 2.44 bits per heavy atom. The molecular weight excluding hydrogens is 538 g/mol. The van der Waals surface area contributed by atoms with Crippen molar-refractivity contribution in [2.24, 2.45) is 0 Å². The maximum Gasteiger partial charge on any atom is 0.238 e. The Kier molecular flexibility index (Phi) is 9.59. The first-order chi connectivity index (χ1) is 18.7. The molecule has 1 aliphatic rings. The van der Waals surface area contributed by atoms with Gasteiger partial charge in [0.05, 0.1) is 0 Å². The average molecular weight is 572 g/mol. The molecule has 4 rings (SSSR count). The summed E-state index contributed by atoms with van der Waals surface area (Å²) in [5.41, 5.74) is 8.64. The SMILES string of the molecule is COC(O)c1cc(-c2ccc(N3CCN(C)CC3)cc2)sc1NC(=S)NNC(=O)CCc1ccc(O)c(O)c1. The number of rotatable bonds is 8. The predicted octanol–water partition coefficient (Wildman–Crippen LogP) is 3.17. The van der Waals surface area contributed by atoms with E-state index in [-0.39, 0.29) is 28.9 Å². The highest BCUT2D eigenvalue weighted by atomic mass is 32.1. The zero-order chi connectivity index (χ0) is 27.9. The molecule has 2 aromatic carbocycles. The molecule has 0 bridgehead atoms. The van der Waals surface area contributed by atoms with Gasteiger partial charge in [-0.05, 0) is 67.1 Å². The number of benzene rings is 2. The second-order valence-corrected chi connectivity index (χ2v) is 10.7. The van der Waals surface area contributed by atoms with Gasteiger partial charge in [-0.3, -0.25) is 15.6 Å². The number of hydrazine groups is 1. The van der Waals surface area contributed by atoms with E-state index in [1.165, 1.54) is 36.3 Å². The maximum atomic E-state index is 12.3. The summed E-state index contributed by atoms with van der Waals surface area (Å²) in [6.45, 7) is 4.07. The third-order valence-corrected chi connectivity index (χ3v) is 7.81. The summed E-state index contributed by atoms with van der Waals surface area (Å²) in [6, 6.07) is 14.7. The van der Waals surface area contributed by atoms with Gasteiger partial charge in [0.1, 0.15) is 5.00 Å². The molecule has 1 unspecified atom stereocenters. The van der Waals surface area contributed by atoms with Crippen LogP contribution in [0.5, 0.6) is 11.5 Å². The number of thiocarbonyl (C=S) groups is 1. The number of nitrogens with one attached hydrogen (secondary N) is 3. The summed E-state index contributed by atoms with van der Waals surface area (Å²) in [6.07, 6.45) is -0.643. The highest BCUT2D eigenvalue weighted by Gasteiger charge is 2.19. The molecule has 12 heteroatoms. The van der Waals surface area contributed by atoms with Gasteiger partial charge in [0.25, 0.3) is 0 Å². The van der Waals surface area contributed by atoms with E-state index in [0.29, 0.717) is 22.5 Å². The highest BCUT2D eigenvalue weighted by Crippen LogP contribution is 2.39. The summed E-state index contributed by atoms with van der Waals surface area (Å²) in [4.78, 5) is 17.9. The van der Waals surface area contributed by atoms with Crippen molar-refractivity contribution in [2.75, 3.05) is 50.6 Å². The van der Waals surface area contributed by atoms with Crippen molar-refractivity contribution in [3.8, 4) is 21.9 Å². The van der Waals surface area contributed by atoms with Gasteiger partial charge in [-0.25, -0.2) is 0 Å². The highest BCUT2D eigenvalue weighted by molar-refractivity contribution is 7.80. The zero-order valence-electron chi connectivity index (χ0n) is 21.8. The fourth-order valence-corrected chi connectivity index (χ4v) is 5.47. The molecule has 0 radical (unpaired) electrons. The standard InChI is InChI=1S/C27H33N5O5S2/c1-31-11-13-32(14-12-31)19-7-5-18(6-8-19)23-16-20(26(36)37-2)25(39-23)28-27(38)30-29-24(35)10-4-17-3-9-21(33)22(34)15-17/h3,5-9,15-16,26,33-34,36H,4,10-14H2,1-2H3,(H,29,35)(H2,28,30,38). The molecule has 10 nitrogen and oxygen atoms in total. The lowest BCUT2D eigenvalue weighted by molar-refractivity contribution is -0.121. The molecule has 3 aromatic rings. The molecule has 0 aliphatic carbocycles. The van der Waals surface area contributed by atoms with Crippen molar-refractivity contribution in [3.63, 3.8) is 0 Å². The van der Waals surface area contributed by atoms with Crippen LogP contribution in [-0.2, 0) is 16.0 Å². The van der Waals surface area contributed by atoms with Crippen LogP contribution in [0.15, 0.2) is 48.5 Å². The number of amides is 1. The lowest BCUT2D eigenvalue weighted by atomic mass is 10.1. The van der Waals surface area contributed by atoms with E-state index in [4.69, 9.17) is 17.0 Å². The predicted molar refractivity (Wildman–Crippen MR) is 157 cm³/mol. The van der Waals surface area contributed by atoms with Crippen molar-refractivity contribution >= 4 is 45.3 Å². The van der Waals surface area contributed by atoms with Crippen molar-refractivity contribution in [1.82, 2.24) is 15.8 Å². The molecule has 1 amide bonds. The number of thiophene rings is 1. The third-order valence-electron chi connectivity index (χ3n) is 6.49. The van der Waals surface area contributed by atoms with Gasteiger partial charge in [-0.2, -0.15) is 0 Å². The molecule has 208 valence electrons. The average Bonchev–Trinajstić information content (AvgIpc) is 3.36. The number of aliphatic hydroxyl groups excluding tert-OH is 1. The van der Waals surface area contributed by atoms with Crippen molar-refractivity contribution in [1.29, 1.82) is 0 Å². The molecule has 2 heterocycles. The molecular formula is C27H33N5O5S2. The second kappa shape index (κ2) is 13.1. The second-order valence-electron chi connectivity index (χ2n) is 9.27. The van der Waals surface area contributed by atoms with Gasteiger partial charge in [-0.1, -0.05) is 18.2 Å². The molecule has 0 spiro atoms. The van der Waals surface area contributed by atoms with Crippen LogP contribution in [0, 0.1) is 0 Å². The number of carbonyl (C=O) groups excluding carboxylic acids is 1. The number of aryl methyl sites for hydroxylation is 1. The van der Waals surface area contributed by atoms with Crippen LogP contribution in [0.25, 0.3) is 10.4 Å². The van der Waals surface area contributed by atoms with Crippen LogP contribution >= 0.6 is 23.6 Å². The molecule has 1 saturated heterocycles. The van der Waals surface area contributed by atoms with E-state index in [1.807, 2.05) is 6.07 Å². The van der Waals surface area contributed by atoms with Crippen molar-refractivity contribution < 1.29 is 24.9 Å². The van der Waals surface area contributed by atoms with Gasteiger partial charge in [0.15, 0.2) is 22.9 Å². The molecule has 1 fully saturated rings. The summed E-state index contributed by atoms with van der Waals surface area (Å²) in [7, 11) is 3.55. The third kappa shape index (κ3) is 7.58. The smallest absolute Gasteiger partial charge is 0.238 e. The molecule has 1 aromatic heterocycles. The van der Waals surface area contributed by atoms with Crippen LogP contribution in [0.3, 0.4) is 0 Å². The Hall–Kier alpha value is -3.42. The Morgan fingerprint density at radius 1 is 1.05 bits per heavy atom. The number of carbonyl (C=O) groups is 1. The number of aliphatic hydroxyl groups is 1. The number of phenolic OH excluding ortho intramolecular Hbond substituents is 2. The summed E-state index contributed by atoms with van der Waals surface area (Å²) < 4.78 is 5.15. The maximum absolute atomic E-state index is 12.3. The molecule has 1 aliphatic heterocycles. The molecule has 0 saturated carbocycles. The number of phenols is 2. The quantitative estimate of drug-likeness (QED) is 0.104. The van der Waals surface area contributed by atoms with E-state index < -0.39 is 6.29 Å². The van der Waals surface area contributed by atoms with Crippen LogP contribution < -0.4 is 21.1 Å². The first-order valence-corrected chi connectivity index (χ1v) is 13.7.